The molecule has 1 amide bonds. The molecule has 0 saturated carbocycles. The van der Waals surface area contributed by atoms with E-state index in [9.17, 15) is 9.90 Å². The summed E-state index contributed by atoms with van der Waals surface area (Å²) in [7, 11) is 0. The van der Waals surface area contributed by atoms with Crippen LogP contribution in [-0.4, -0.2) is 33.6 Å². The van der Waals surface area contributed by atoms with Crippen molar-refractivity contribution in [1.29, 1.82) is 0 Å². The van der Waals surface area contributed by atoms with Gasteiger partial charge in [-0.15, -0.1) is 0 Å². The number of rotatable bonds is 7. The fraction of sp³-hybridized carbons (Fsp3) is 0.353. The summed E-state index contributed by atoms with van der Waals surface area (Å²) in [5, 5.41) is 15.3. The van der Waals surface area contributed by atoms with Crippen molar-refractivity contribution < 1.29 is 9.90 Å². The highest BCUT2D eigenvalue weighted by Crippen LogP contribution is 2.14. The maximum absolute atomic E-state index is 12.2. The molecule has 3 N–H and O–H groups in total. The number of anilines is 2. The van der Waals surface area contributed by atoms with Crippen molar-refractivity contribution in [3.8, 4) is 0 Å². The number of hydrogen-bond donors (Lipinski definition) is 3. The smallest absolute Gasteiger partial charge is 0.251 e. The molecule has 0 saturated heterocycles. The Labute approximate surface area is 136 Å². The van der Waals surface area contributed by atoms with Gasteiger partial charge in [0.2, 0.25) is 5.95 Å². The second-order valence-electron chi connectivity index (χ2n) is 5.42. The SMILES string of the molecule is CCC(C)C(CO)NC(=O)c1ccc(Nc2ncccn2)cc1. The molecule has 6 nitrogen and oxygen atoms in total. The molecule has 0 spiro atoms. The van der Waals surface area contributed by atoms with E-state index in [-0.39, 0.29) is 24.5 Å². The molecule has 1 heterocycles. The first-order chi connectivity index (χ1) is 11.1. The second-order valence-corrected chi connectivity index (χ2v) is 5.42. The average Bonchev–Trinajstić information content (AvgIpc) is 2.60. The van der Waals surface area contributed by atoms with Gasteiger partial charge in [-0.1, -0.05) is 20.3 Å². The molecule has 0 bridgehead atoms. The van der Waals surface area contributed by atoms with Crippen molar-refractivity contribution >= 4 is 17.5 Å². The van der Waals surface area contributed by atoms with Crippen LogP contribution in [0.25, 0.3) is 0 Å². The van der Waals surface area contributed by atoms with Crippen LogP contribution in [0.4, 0.5) is 11.6 Å². The number of carbonyl (C=O) groups excluding carboxylic acids is 1. The molecule has 2 rings (SSSR count). The highest BCUT2D eigenvalue weighted by molar-refractivity contribution is 5.94. The van der Waals surface area contributed by atoms with Crippen molar-refractivity contribution in [2.75, 3.05) is 11.9 Å². The van der Waals surface area contributed by atoms with Gasteiger partial charge in [-0.2, -0.15) is 0 Å². The van der Waals surface area contributed by atoms with E-state index < -0.39 is 0 Å². The molecule has 6 heteroatoms. The first kappa shape index (κ1) is 16.9. The first-order valence-electron chi connectivity index (χ1n) is 7.69. The highest BCUT2D eigenvalue weighted by atomic mass is 16.3. The number of nitrogens with one attached hydrogen (secondary N) is 2. The van der Waals surface area contributed by atoms with Gasteiger partial charge in [0, 0.05) is 23.6 Å². The van der Waals surface area contributed by atoms with E-state index in [1.165, 1.54) is 0 Å². The first-order valence-corrected chi connectivity index (χ1v) is 7.69. The number of benzene rings is 1. The lowest BCUT2D eigenvalue weighted by molar-refractivity contribution is 0.0891. The number of aliphatic hydroxyl groups excluding tert-OH is 1. The monoisotopic (exact) mass is 314 g/mol. The van der Waals surface area contributed by atoms with Gasteiger partial charge < -0.3 is 15.7 Å². The Balaban J connectivity index is 2.00. The zero-order valence-corrected chi connectivity index (χ0v) is 13.4. The van der Waals surface area contributed by atoms with Crippen LogP contribution >= 0.6 is 0 Å². The Hall–Kier alpha value is -2.47. The third kappa shape index (κ3) is 4.75. The molecule has 2 aromatic rings. The second kappa shape index (κ2) is 8.24. The minimum atomic E-state index is -0.233. The van der Waals surface area contributed by atoms with Gasteiger partial charge in [0.25, 0.3) is 5.91 Å². The maximum atomic E-state index is 12.2. The van der Waals surface area contributed by atoms with Crippen LogP contribution in [0, 0.1) is 5.92 Å². The summed E-state index contributed by atoms with van der Waals surface area (Å²) in [6.45, 7) is 3.98. The van der Waals surface area contributed by atoms with Crippen LogP contribution in [0.3, 0.4) is 0 Å². The zero-order valence-electron chi connectivity index (χ0n) is 13.4. The Bertz CT molecular complexity index is 616. The van der Waals surface area contributed by atoms with E-state index in [1.54, 1.807) is 42.7 Å². The van der Waals surface area contributed by atoms with E-state index in [0.717, 1.165) is 12.1 Å². The summed E-state index contributed by atoms with van der Waals surface area (Å²) in [4.78, 5) is 20.4. The predicted octanol–water partition coefficient (Wildman–Crippen LogP) is 2.36. The van der Waals surface area contributed by atoms with E-state index in [2.05, 4.69) is 20.6 Å². The van der Waals surface area contributed by atoms with Crippen molar-refractivity contribution in [3.05, 3.63) is 48.3 Å². The molecule has 0 aliphatic carbocycles. The standard InChI is InChI=1S/C17H22N4O2/c1-3-12(2)15(11-22)21-16(23)13-5-7-14(8-6-13)20-17-18-9-4-10-19-17/h4-10,12,15,22H,3,11H2,1-2H3,(H,21,23)(H,18,19,20). The highest BCUT2D eigenvalue weighted by Gasteiger charge is 2.18. The molecular weight excluding hydrogens is 292 g/mol. The van der Waals surface area contributed by atoms with E-state index in [1.807, 2.05) is 13.8 Å². The fourth-order valence-corrected chi connectivity index (χ4v) is 2.10. The molecule has 1 aromatic carbocycles. The molecule has 0 fully saturated rings. The lowest BCUT2D eigenvalue weighted by Gasteiger charge is -2.22. The third-order valence-corrected chi connectivity index (χ3v) is 3.81. The fourth-order valence-electron chi connectivity index (χ4n) is 2.10. The van der Waals surface area contributed by atoms with Gasteiger partial charge in [-0.25, -0.2) is 9.97 Å². The molecule has 0 aliphatic heterocycles. The van der Waals surface area contributed by atoms with Gasteiger partial charge in [-0.3, -0.25) is 4.79 Å². The van der Waals surface area contributed by atoms with E-state index in [0.29, 0.717) is 11.5 Å². The Kier molecular flexibility index (Phi) is 6.05. The largest absolute Gasteiger partial charge is 0.394 e. The van der Waals surface area contributed by atoms with E-state index in [4.69, 9.17) is 0 Å². The number of amides is 1. The van der Waals surface area contributed by atoms with Crippen LogP contribution < -0.4 is 10.6 Å². The van der Waals surface area contributed by atoms with Gasteiger partial charge in [0.05, 0.1) is 12.6 Å². The molecule has 0 aliphatic rings. The van der Waals surface area contributed by atoms with E-state index >= 15 is 0 Å². The Morgan fingerprint density at radius 3 is 2.43 bits per heavy atom. The minimum absolute atomic E-state index is 0.0638. The number of aliphatic hydroxyl groups is 1. The van der Waals surface area contributed by atoms with Crippen LogP contribution in [-0.2, 0) is 0 Å². The summed E-state index contributed by atoms with van der Waals surface area (Å²) in [5.41, 5.74) is 1.35. The number of hydrogen-bond acceptors (Lipinski definition) is 5. The summed E-state index contributed by atoms with van der Waals surface area (Å²) in [6.07, 6.45) is 4.20. The summed E-state index contributed by atoms with van der Waals surface area (Å²) < 4.78 is 0. The lowest BCUT2D eigenvalue weighted by atomic mass is 9.99. The maximum Gasteiger partial charge on any atom is 0.251 e. The normalized spacial score (nSPS) is 13.2. The quantitative estimate of drug-likeness (QED) is 0.730. The van der Waals surface area contributed by atoms with Crippen molar-refractivity contribution in [2.24, 2.45) is 5.92 Å². The van der Waals surface area contributed by atoms with Crippen LogP contribution in [0.15, 0.2) is 42.7 Å². The van der Waals surface area contributed by atoms with Crippen LogP contribution in [0.5, 0.6) is 0 Å². The van der Waals surface area contributed by atoms with Crippen LogP contribution in [0.1, 0.15) is 30.6 Å². The van der Waals surface area contributed by atoms with Crippen molar-refractivity contribution in [3.63, 3.8) is 0 Å². The number of nitrogens with zero attached hydrogens (tertiary/aromatic N) is 2. The number of aromatic nitrogens is 2. The lowest BCUT2D eigenvalue weighted by Crippen LogP contribution is -2.41. The zero-order chi connectivity index (χ0) is 16.7. The molecule has 2 unspecified atom stereocenters. The van der Waals surface area contributed by atoms with Crippen molar-refractivity contribution in [2.45, 2.75) is 26.3 Å². The van der Waals surface area contributed by atoms with Gasteiger partial charge in [0.1, 0.15) is 0 Å². The minimum Gasteiger partial charge on any atom is -0.394 e. The van der Waals surface area contributed by atoms with Gasteiger partial charge in [-0.05, 0) is 36.2 Å². The molecule has 0 radical (unpaired) electrons. The number of carbonyl (C=O) groups is 1. The predicted molar refractivity (Wildman–Crippen MR) is 89.6 cm³/mol. The third-order valence-electron chi connectivity index (χ3n) is 3.81. The molecule has 2 atom stereocenters. The summed E-state index contributed by atoms with van der Waals surface area (Å²) >= 11 is 0. The molecule has 23 heavy (non-hydrogen) atoms. The van der Waals surface area contributed by atoms with Gasteiger partial charge in [0.15, 0.2) is 0 Å². The Morgan fingerprint density at radius 2 is 1.87 bits per heavy atom. The Morgan fingerprint density at radius 1 is 1.22 bits per heavy atom. The average molecular weight is 314 g/mol. The summed E-state index contributed by atoms with van der Waals surface area (Å²) in [5.74, 6) is 0.536. The molecular formula is C17H22N4O2. The topological polar surface area (TPSA) is 87.1 Å². The summed E-state index contributed by atoms with van der Waals surface area (Å²) in [6, 6.07) is 8.55. The molecule has 1 aromatic heterocycles. The molecule has 122 valence electrons. The van der Waals surface area contributed by atoms with Crippen molar-refractivity contribution in [1.82, 2.24) is 15.3 Å². The van der Waals surface area contributed by atoms with Gasteiger partial charge >= 0.3 is 0 Å². The van der Waals surface area contributed by atoms with Crippen LogP contribution in [0.2, 0.25) is 0 Å².